The molecule has 0 aliphatic heterocycles. The van der Waals surface area contributed by atoms with Crippen molar-refractivity contribution in [1.29, 1.82) is 0 Å². The molecule has 0 rings (SSSR count). The van der Waals surface area contributed by atoms with Crippen LogP contribution in [0.4, 0.5) is 0 Å². The number of carboxylic acid groups (broad SMARTS) is 1. The van der Waals surface area contributed by atoms with Gasteiger partial charge in [-0.05, 0) is 50.7 Å². The van der Waals surface area contributed by atoms with Gasteiger partial charge in [0.2, 0.25) is 23.6 Å². The maximum absolute atomic E-state index is 12.9. The zero-order chi connectivity index (χ0) is 25.4. The Hall–Kier alpha value is -2.03. The molecule has 190 valence electrons. The molecule has 0 aromatic rings. The minimum absolute atomic E-state index is 0.0869. The molecule has 33 heavy (non-hydrogen) atoms. The summed E-state index contributed by atoms with van der Waals surface area (Å²) in [7, 11) is 0. The second-order valence-corrected chi connectivity index (χ2v) is 8.73. The number of primary amides is 1. The highest BCUT2D eigenvalue weighted by atomic mass is 32.2. The topological polar surface area (TPSA) is 220 Å². The lowest BCUT2D eigenvalue weighted by atomic mass is 10.1. The van der Waals surface area contributed by atoms with Gasteiger partial charge in [0.15, 0.2) is 0 Å². The van der Waals surface area contributed by atoms with Crippen LogP contribution in [-0.4, -0.2) is 83.2 Å². The van der Waals surface area contributed by atoms with Crippen molar-refractivity contribution in [3.8, 4) is 0 Å². The van der Waals surface area contributed by atoms with Gasteiger partial charge in [-0.3, -0.25) is 19.2 Å². The second kappa shape index (κ2) is 17.4. The Morgan fingerprint density at radius 3 is 1.94 bits per heavy atom. The molecule has 0 heterocycles. The first kappa shape index (κ1) is 31.0. The molecule has 0 saturated heterocycles. The maximum Gasteiger partial charge on any atom is 0.326 e. The molecule has 0 fully saturated rings. The number of thioether (sulfide) groups is 1. The van der Waals surface area contributed by atoms with Crippen molar-refractivity contribution in [1.82, 2.24) is 16.0 Å². The van der Waals surface area contributed by atoms with Gasteiger partial charge in [0, 0.05) is 12.2 Å². The van der Waals surface area contributed by atoms with Gasteiger partial charge < -0.3 is 38.3 Å². The Labute approximate surface area is 203 Å². The van der Waals surface area contributed by atoms with Gasteiger partial charge in [0.1, 0.15) is 18.1 Å². The van der Waals surface area contributed by atoms with Crippen molar-refractivity contribution in [3.63, 3.8) is 0 Å². The summed E-state index contributed by atoms with van der Waals surface area (Å²) >= 11 is 5.42. The normalized spacial score (nSPS) is 14.4. The third-order valence-corrected chi connectivity index (χ3v) is 5.69. The van der Waals surface area contributed by atoms with Crippen molar-refractivity contribution >= 4 is 54.0 Å². The lowest BCUT2D eigenvalue weighted by Gasteiger charge is -2.25. The average Bonchev–Trinajstić information content (AvgIpc) is 2.77. The molecule has 0 aromatic carbocycles. The number of hydrogen-bond acceptors (Lipinski definition) is 9. The molecule has 4 atom stereocenters. The fourth-order valence-electron chi connectivity index (χ4n) is 2.72. The summed E-state index contributed by atoms with van der Waals surface area (Å²) in [6, 6.07) is -4.25. The van der Waals surface area contributed by atoms with Gasteiger partial charge in [-0.1, -0.05) is 0 Å². The number of rotatable bonds is 18. The molecule has 0 aliphatic carbocycles. The van der Waals surface area contributed by atoms with E-state index in [1.807, 2.05) is 6.26 Å². The number of amides is 4. The number of thiol groups is 1. The van der Waals surface area contributed by atoms with Gasteiger partial charge in [0.05, 0.1) is 6.04 Å². The molecule has 14 heteroatoms. The summed E-state index contributed by atoms with van der Waals surface area (Å²) in [4.78, 5) is 60.3. The summed E-state index contributed by atoms with van der Waals surface area (Å²) < 4.78 is 0. The molecule has 0 bridgehead atoms. The van der Waals surface area contributed by atoms with Crippen LogP contribution in [0.1, 0.15) is 38.5 Å². The molecule has 4 amide bonds. The summed E-state index contributed by atoms with van der Waals surface area (Å²) in [5, 5.41) is 16.8. The number of nitrogens with two attached hydrogens (primary N) is 3. The van der Waals surface area contributed by atoms with Crippen molar-refractivity contribution in [2.45, 2.75) is 62.7 Å². The fourth-order valence-corrected chi connectivity index (χ4v) is 3.35. The summed E-state index contributed by atoms with van der Waals surface area (Å²) in [6.07, 6.45) is 3.11. The number of carboxylic acids is 1. The zero-order valence-electron chi connectivity index (χ0n) is 18.7. The number of carbonyl (C=O) groups excluding carboxylic acids is 4. The van der Waals surface area contributed by atoms with Crippen LogP contribution in [0.2, 0.25) is 0 Å². The molecule has 0 aromatic heterocycles. The Balaban J connectivity index is 5.40. The minimum Gasteiger partial charge on any atom is -0.480 e. The lowest BCUT2D eigenvalue weighted by molar-refractivity contribution is -0.142. The van der Waals surface area contributed by atoms with E-state index < -0.39 is 53.8 Å². The SMILES string of the molecule is CSCCC(NC(=O)C(CCCCN)NC(=O)C(N)CS)C(=O)NC(CCC(N)=O)C(=O)O. The highest BCUT2D eigenvalue weighted by Crippen LogP contribution is 2.07. The molecular formula is C19H36N6O6S2. The predicted octanol–water partition coefficient (Wildman–Crippen LogP) is -2.07. The van der Waals surface area contributed by atoms with Crippen molar-refractivity contribution in [3.05, 3.63) is 0 Å². The Kier molecular flexibility index (Phi) is 16.4. The zero-order valence-corrected chi connectivity index (χ0v) is 20.5. The number of nitrogens with one attached hydrogen (secondary N) is 3. The largest absolute Gasteiger partial charge is 0.480 e. The van der Waals surface area contributed by atoms with Crippen LogP contribution in [0.25, 0.3) is 0 Å². The average molecular weight is 509 g/mol. The molecule has 0 aliphatic rings. The smallest absolute Gasteiger partial charge is 0.326 e. The summed E-state index contributed by atoms with van der Waals surface area (Å²) in [5.41, 5.74) is 16.2. The minimum atomic E-state index is -1.34. The van der Waals surface area contributed by atoms with Gasteiger partial charge in [-0.2, -0.15) is 24.4 Å². The van der Waals surface area contributed by atoms with E-state index in [-0.39, 0.29) is 31.4 Å². The van der Waals surface area contributed by atoms with Crippen molar-refractivity contribution < 1.29 is 29.1 Å². The van der Waals surface area contributed by atoms with Crippen LogP contribution >= 0.6 is 24.4 Å². The number of carbonyl (C=O) groups is 5. The monoisotopic (exact) mass is 508 g/mol. The van der Waals surface area contributed by atoms with Crippen LogP contribution in [-0.2, 0) is 24.0 Å². The quantitative estimate of drug-likeness (QED) is 0.0751. The van der Waals surface area contributed by atoms with Gasteiger partial charge >= 0.3 is 5.97 Å². The predicted molar refractivity (Wildman–Crippen MR) is 130 cm³/mol. The lowest BCUT2D eigenvalue weighted by Crippen LogP contribution is -2.57. The first-order chi connectivity index (χ1) is 15.6. The summed E-state index contributed by atoms with van der Waals surface area (Å²) in [6.45, 7) is 0.416. The maximum atomic E-state index is 12.9. The molecule has 10 N–H and O–H groups in total. The van der Waals surface area contributed by atoms with E-state index in [1.54, 1.807) is 0 Å². The Morgan fingerprint density at radius 1 is 0.909 bits per heavy atom. The molecule has 4 unspecified atom stereocenters. The Morgan fingerprint density at radius 2 is 1.45 bits per heavy atom. The number of hydrogen-bond donors (Lipinski definition) is 8. The highest BCUT2D eigenvalue weighted by Gasteiger charge is 2.30. The van der Waals surface area contributed by atoms with Gasteiger partial charge in [-0.25, -0.2) is 4.79 Å². The summed E-state index contributed by atoms with van der Waals surface area (Å²) in [5.74, 6) is -3.30. The molecule has 0 radical (unpaired) electrons. The van der Waals surface area contributed by atoms with Crippen LogP contribution in [0.5, 0.6) is 0 Å². The molecule has 0 spiro atoms. The van der Waals surface area contributed by atoms with E-state index in [1.165, 1.54) is 11.8 Å². The van der Waals surface area contributed by atoms with E-state index in [9.17, 15) is 29.1 Å². The molecular weight excluding hydrogens is 472 g/mol. The highest BCUT2D eigenvalue weighted by molar-refractivity contribution is 7.98. The van der Waals surface area contributed by atoms with Crippen molar-refractivity contribution in [2.75, 3.05) is 24.3 Å². The van der Waals surface area contributed by atoms with E-state index in [4.69, 9.17) is 17.2 Å². The third kappa shape index (κ3) is 13.3. The van der Waals surface area contributed by atoms with E-state index in [2.05, 4.69) is 28.6 Å². The molecule has 0 saturated carbocycles. The van der Waals surface area contributed by atoms with E-state index in [0.29, 0.717) is 25.1 Å². The molecule has 12 nitrogen and oxygen atoms in total. The second-order valence-electron chi connectivity index (χ2n) is 7.38. The first-order valence-corrected chi connectivity index (χ1v) is 12.6. The number of unbranched alkanes of at least 4 members (excludes halogenated alkanes) is 1. The third-order valence-electron chi connectivity index (χ3n) is 4.65. The van der Waals surface area contributed by atoms with Crippen LogP contribution in [0.15, 0.2) is 0 Å². The van der Waals surface area contributed by atoms with Crippen LogP contribution in [0.3, 0.4) is 0 Å². The van der Waals surface area contributed by atoms with Gasteiger partial charge in [-0.15, -0.1) is 0 Å². The standard InChI is InChI=1S/C19H36N6O6S2/c1-33-9-7-13(18(29)25-14(19(30)31)5-6-15(22)26)24-17(28)12(4-2-3-8-20)23-16(27)11(21)10-32/h11-14,32H,2-10,20-21H2,1H3,(H2,22,26)(H,23,27)(H,24,28)(H,25,29)(H,30,31). The van der Waals surface area contributed by atoms with Crippen LogP contribution in [0, 0.1) is 0 Å². The Bertz CT molecular complexity index is 669. The fraction of sp³-hybridized carbons (Fsp3) is 0.737. The number of aliphatic carboxylic acids is 1. The van der Waals surface area contributed by atoms with E-state index >= 15 is 0 Å². The first-order valence-electron chi connectivity index (χ1n) is 10.5. The van der Waals surface area contributed by atoms with Gasteiger partial charge in [0.25, 0.3) is 0 Å². The van der Waals surface area contributed by atoms with E-state index in [0.717, 1.165) is 0 Å². The van der Waals surface area contributed by atoms with Crippen molar-refractivity contribution in [2.24, 2.45) is 17.2 Å². The van der Waals surface area contributed by atoms with Crippen LogP contribution < -0.4 is 33.2 Å².